The Morgan fingerprint density at radius 2 is 2.00 bits per heavy atom. The largest absolute Gasteiger partial charge is 0.465 e. The van der Waals surface area contributed by atoms with Crippen LogP contribution in [-0.2, 0) is 19.1 Å². The lowest BCUT2D eigenvalue weighted by Crippen LogP contribution is -2.00. The Bertz CT molecular complexity index is 243. The molecule has 0 saturated carbocycles. The van der Waals surface area contributed by atoms with E-state index in [1.807, 2.05) is 6.92 Å². The van der Waals surface area contributed by atoms with E-state index >= 15 is 0 Å². The van der Waals surface area contributed by atoms with E-state index in [-0.39, 0.29) is 17.9 Å². The quantitative estimate of drug-likeness (QED) is 0.431. The lowest BCUT2D eigenvalue weighted by atomic mass is 10.2. The molecule has 1 atom stereocenters. The molecule has 14 heavy (non-hydrogen) atoms. The predicted molar refractivity (Wildman–Crippen MR) is 49.5 cm³/mol. The van der Waals surface area contributed by atoms with Gasteiger partial charge in [0.2, 0.25) is 0 Å². The maximum atomic E-state index is 10.4. The topological polar surface area (TPSA) is 52.6 Å². The molecule has 0 aromatic rings. The van der Waals surface area contributed by atoms with Gasteiger partial charge in [0.25, 0.3) is 0 Å². The molecule has 4 heteroatoms. The fourth-order valence-electron chi connectivity index (χ4n) is 1.07. The van der Waals surface area contributed by atoms with E-state index in [1.54, 1.807) is 0 Å². The Balaban J connectivity index is 0.000000140. The van der Waals surface area contributed by atoms with Gasteiger partial charge in [-0.25, -0.2) is 4.79 Å². The Hall–Kier alpha value is -1.32. The molecule has 2 saturated heterocycles. The number of rotatable bonds is 0. The van der Waals surface area contributed by atoms with Crippen LogP contribution in [0, 0.1) is 5.92 Å². The molecular formula is C10H14O4. The summed E-state index contributed by atoms with van der Waals surface area (Å²) >= 11 is 0. The molecule has 78 valence electrons. The van der Waals surface area contributed by atoms with E-state index in [0.717, 1.165) is 6.42 Å². The summed E-state index contributed by atoms with van der Waals surface area (Å²) < 4.78 is 9.15. The van der Waals surface area contributed by atoms with Crippen molar-refractivity contribution in [1.82, 2.24) is 0 Å². The van der Waals surface area contributed by atoms with Crippen molar-refractivity contribution in [2.24, 2.45) is 5.92 Å². The van der Waals surface area contributed by atoms with Gasteiger partial charge in [-0.05, 0) is 6.42 Å². The summed E-state index contributed by atoms with van der Waals surface area (Å²) in [6, 6.07) is 0. The van der Waals surface area contributed by atoms with Crippen LogP contribution in [0.4, 0.5) is 0 Å². The Labute approximate surface area is 82.9 Å². The Morgan fingerprint density at radius 3 is 2.14 bits per heavy atom. The van der Waals surface area contributed by atoms with Crippen LogP contribution >= 0.6 is 0 Å². The highest BCUT2D eigenvalue weighted by molar-refractivity contribution is 5.89. The van der Waals surface area contributed by atoms with Gasteiger partial charge in [-0.1, -0.05) is 13.5 Å². The SMILES string of the molecule is C=C1CCOC1=O.CC1CCOC1=O. The van der Waals surface area contributed by atoms with Crippen molar-refractivity contribution < 1.29 is 19.1 Å². The van der Waals surface area contributed by atoms with Crippen LogP contribution in [0.1, 0.15) is 19.8 Å². The van der Waals surface area contributed by atoms with Crippen LogP contribution < -0.4 is 0 Å². The number of carbonyl (C=O) groups is 2. The van der Waals surface area contributed by atoms with E-state index in [1.165, 1.54) is 0 Å². The summed E-state index contributed by atoms with van der Waals surface area (Å²) in [5.41, 5.74) is 0.597. The summed E-state index contributed by atoms with van der Waals surface area (Å²) in [6.07, 6.45) is 1.61. The third kappa shape index (κ3) is 2.87. The van der Waals surface area contributed by atoms with Crippen molar-refractivity contribution in [2.75, 3.05) is 13.2 Å². The summed E-state index contributed by atoms with van der Waals surface area (Å²) in [5.74, 6) is -0.125. The fourth-order valence-corrected chi connectivity index (χ4v) is 1.07. The van der Waals surface area contributed by atoms with Crippen LogP contribution in [0.25, 0.3) is 0 Å². The molecule has 0 aliphatic carbocycles. The number of hydrogen-bond donors (Lipinski definition) is 0. The summed E-state index contributed by atoms with van der Waals surface area (Å²) in [7, 11) is 0. The molecular weight excluding hydrogens is 184 g/mol. The van der Waals surface area contributed by atoms with E-state index in [9.17, 15) is 9.59 Å². The van der Waals surface area contributed by atoms with Crippen LogP contribution in [0.2, 0.25) is 0 Å². The Morgan fingerprint density at radius 1 is 1.29 bits per heavy atom. The van der Waals surface area contributed by atoms with Crippen LogP contribution in [0.3, 0.4) is 0 Å². The summed E-state index contributed by atoms with van der Waals surface area (Å²) in [4.78, 5) is 20.6. The highest BCUT2D eigenvalue weighted by Gasteiger charge is 2.20. The first kappa shape index (κ1) is 10.8. The van der Waals surface area contributed by atoms with E-state index in [2.05, 4.69) is 16.1 Å². The maximum Gasteiger partial charge on any atom is 0.333 e. The number of ether oxygens (including phenoxy) is 2. The van der Waals surface area contributed by atoms with Gasteiger partial charge in [0, 0.05) is 12.0 Å². The number of hydrogen-bond acceptors (Lipinski definition) is 4. The zero-order valence-corrected chi connectivity index (χ0v) is 8.25. The molecule has 2 aliphatic rings. The Kier molecular flexibility index (Phi) is 3.68. The minimum Gasteiger partial charge on any atom is -0.465 e. The standard InChI is InChI=1S/C5H8O2.C5H6O2/c2*1-4-2-3-7-5(4)6/h4H,2-3H2,1H3;1-3H2. The molecule has 2 aliphatic heterocycles. The molecule has 0 aromatic carbocycles. The van der Waals surface area contributed by atoms with Crippen molar-refractivity contribution in [2.45, 2.75) is 19.8 Å². The van der Waals surface area contributed by atoms with Gasteiger partial charge in [0.1, 0.15) is 0 Å². The highest BCUT2D eigenvalue weighted by atomic mass is 16.5. The molecule has 0 spiro atoms. The molecule has 2 rings (SSSR count). The van der Waals surface area contributed by atoms with Crippen LogP contribution in [0.5, 0.6) is 0 Å². The molecule has 0 bridgehead atoms. The number of cyclic esters (lactones) is 2. The number of carbonyl (C=O) groups excluding carboxylic acids is 2. The molecule has 2 heterocycles. The summed E-state index contributed by atoms with van der Waals surface area (Å²) in [5, 5.41) is 0. The van der Waals surface area contributed by atoms with Crippen molar-refractivity contribution in [1.29, 1.82) is 0 Å². The zero-order chi connectivity index (χ0) is 10.6. The smallest absolute Gasteiger partial charge is 0.333 e. The van der Waals surface area contributed by atoms with Crippen LogP contribution in [-0.4, -0.2) is 25.2 Å². The lowest BCUT2D eigenvalue weighted by molar-refractivity contribution is -0.140. The van der Waals surface area contributed by atoms with Crippen molar-refractivity contribution in [3.05, 3.63) is 12.2 Å². The second-order valence-electron chi connectivity index (χ2n) is 3.35. The van der Waals surface area contributed by atoms with E-state index in [4.69, 9.17) is 0 Å². The van der Waals surface area contributed by atoms with Gasteiger partial charge in [0.05, 0.1) is 19.1 Å². The lowest BCUT2D eigenvalue weighted by Gasteiger charge is -1.88. The normalized spacial score (nSPS) is 25.2. The zero-order valence-electron chi connectivity index (χ0n) is 8.25. The summed E-state index contributed by atoms with van der Waals surface area (Å²) in [6.45, 7) is 6.50. The van der Waals surface area contributed by atoms with Crippen molar-refractivity contribution in [3.63, 3.8) is 0 Å². The second-order valence-corrected chi connectivity index (χ2v) is 3.35. The first-order valence-corrected chi connectivity index (χ1v) is 4.63. The van der Waals surface area contributed by atoms with Gasteiger partial charge in [-0.15, -0.1) is 0 Å². The van der Waals surface area contributed by atoms with E-state index in [0.29, 0.717) is 25.2 Å². The second kappa shape index (κ2) is 4.79. The molecule has 0 N–H and O–H groups in total. The van der Waals surface area contributed by atoms with Crippen molar-refractivity contribution in [3.8, 4) is 0 Å². The first-order chi connectivity index (χ1) is 6.61. The third-order valence-corrected chi connectivity index (χ3v) is 2.12. The molecule has 4 nitrogen and oxygen atoms in total. The van der Waals surface area contributed by atoms with E-state index < -0.39 is 0 Å². The molecule has 2 fully saturated rings. The molecule has 0 amide bonds. The monoisotopic (exact) mass is 198 g/mol. The maximum absolute atomic E-state index is 10.4. The molecule has 1 unspecified atom stereocenters. The van der Waals surface area contributed by atoms with Gasteiger partial charge in [0.15, 0.2) is 0 Å². The van der Waals surface area contributed by atoms with Gasteiger partial charge < -0.3 is 9.47 Å². The predicted octanol–water partition coefficient (Wildman–Crippen LogP) is 1.06. The van der Waals surface area contributed by atoms with Gasteiger partial charge in [-0.2, -0.15) is 0 Å². The highest BCUT2D eigenvalue weighted by Crippen LogP contribution is 2.11. The molecule has 0 radical (unpaired) electrons. The average molecular weight is 198 g/mol. The first-order valence-electron chi connectivity index (χ1n) is 4.63. The fraction of sp³-hybridized carbons (Fsp3) is 0.600. The minimum absolute atomic E-state index is 0.0417. The van der Waals surface area contributed by atoms with Gasteiger partial charge in [-0.3, -0.25) is 4.79 Å². The average Bonchev–Trinajstić information content (AvgIpc) is 2.67. The van der Waals surface area contributed by atoms with Crippen molar-refractivity contribution >= 4 is 11.9 Å². The molecule has 0 aromatic heterocycles. The minimum atomic E-state index is -0.236. The van der Waals surface area contributed by atoms with Gasteiger partial charge >= 0.3 is 11.9 Å². The third-order valence-electron chi connectivity index (χ3n) is 2.12. The van der Waals surface area contributed by atoms with Crippen LogP contribution in [0.15, 0.2) is 12.2 Å². The number of esters is 2.